The molecule has 19 atom stereocenters. The number of aliphatic hydroxyl groups is 1. The predicted octanol–water partition coefficient (Wildman–Crippen LogP) is 9.70. The lowest BCUT2D eigenvalue weighted by atomic mass is 9.71. The Morgan fingerprint density at radius 2 is 1.69 bits per heavy atom. The van der Waals surface area contributed by atoms with Crippen LogP contribution in [0.3, 0.4) is 0 Å². The summed E-state index contributed by atoms with van der Waals surface area (Å²) in [5, 5.41) is 13.1. The van der Waals surface area contributed by atoms with Crippen molar-refractivity contribution in [3.05, 3.63) is 83.6 Å². The third-order valence-corrected chi connectivity index (χ3v) is 21.7. The van der Waals surface area contributed by atoms with Crippen molar-refractivity contribution in [3.63, 3.8) is 0 Å². The molecule has 0 aromatic rings. The molecule has 4 fully saturated rings. The second-order valence-corrected chi connectivity index (χ2v) is 28.5. The molecule has 15 nitrogen and oxygen atoms in total. The van der Waals surface area contributed by atoms with Crippen LogP contribution in [-0.4, -0.2) is 144 Å². The van der Waals surface area contributed by atoms with Crippen molar-refractivity contribution in [1.29, 1.82) is 0 Å². The van der Waals surface area contributed by atoms with Crippen molar-refractivity contribution in [2.45, 2.75) is 224 Å². The van der Waals surface area contributed by atoms with Crippen LogP contribution in [-0.2, 0) is 66.1 Å². The Morgan fingerprint density at radius 1 is 0.960 bits per heavy atom. The molecule has 0 saturated carbocycles. The van der Waals surface area contributed by atoms with Gasteiger partial charge in [-0.25, -0.2) is 4.79 Å². The van der Waals surface area contributed by atoms with E-state index in [0.717, 1.165) is 17.6 Å². The second kappa shape index (κ2) is 24.5. The molecule has 1 N–H and O–H groups in total. The SMILES string of the molecule is C=CCOC(=O)/C=C1/[C@H](C)O[C@@H](O[C@H]2[C@H](C)O[C@@H](O[C@@H]3/C(C)=C/C[C@@H]4C[C@@H](C[C@]5(C=C[C@H](C)[C@@H]([C@@H](C)CC)O5)O4)OC(=O)[C@@H]4C=C(C)[C@@H](O[Si](C)(C)C(C)(C)C)[C@H]5OC/C(=C\C=C\[C@@H]3C)[C@]54O)C[C@@H]2OC)C[C@@H]1OC. The minimum Gasteiger partial charge on any atom is -0.462 e. The highest BCUT2D eigenvalue weighted by molar-refractivity contribution is 6.74. The van der Waals surface area contributed by atoms with Crippen LogP contribution >= 0.6 is 0 Å². The van der Waals surface area contributed by atoms with Gasteiger partial charge in [0.05, 0.1) is 55.4 Å². The van der Waals surface area contributed by atoms with Gasteiger partial charge in [-0.2, -0.15) is 0 Å². The van der Waals surface area contributed by atoms with Crippen LogP contribution in [0.1, 0.15) is 115 Å². The molecule has 0 radical (unpaired) electrons. The normalized spacial score (nSPS) is 42.6. The highest BCUT2D eigenvalue weighted by Gasteiger charge is 2.62. The van der Waals surface area contributed by atoms with Crippen molar-refractivity contribution in [3.8, 4) is 0 Å². The Kier molecular flexibility index (Phi) is 19.5. The minimum atomic E-state index is -2.39. The lowest BCUT2D eigenvalue weighted by Gasteiger charge is -2.49. The maximum atomic E-state index is 14.9. The average molecular weight is 1070 g/mol. The molecule has 0 aromatic carbocycles. The first kappa shape index (κ1) is 59.6. The van der Waals surface area contributed by atoms with Crippen molar-refractivity contribution in [2.75, 3.05) is 27.4 Å². The van der Waals surface area contributed by atoms with E-state index in [4.69, 9.17) is 56.5 Å². The number of ether oxygens (including phenoxy) is 11. The predicted molar refractivity (Wildman–Crippen MR) is 287 cm³/mol. The molecule has 0 amide bonds. The molecule has 4 saturated heterocycles. The summed E-state index contributed by atoms with van der Waals surface area (Å²) < 4.78 is 78.0. The van der Waals surface area contributed by atoms with Gasteiger partial charge in [-0.3, -0.25) is 4.79 Å². The zero-order chi connectivity index (χ0) is 54.8. The van der Waals surface area contributed by atoms with Crippen LogP contribution in [0.25, 0.3) is 0 Å². The molecule has 7 rings (SSSR count). The molecule has 16 heteroatoms. The van der Waals surface area contributed by atoms with Crippen LogP contribution in [0.5, 0.6) is 0 Å². The van der Waals surface area contributed by atoms with Crippen LogP contribution in [0.15, 0.2) is 83.6 Å². The molecule has 0 aromatic heterocycles. The van der Waals surface area contributed by atoms with E-state index in [1.165, 1.54) is 12.2 Å². The first-order valence-electron chi connectivity index (χ1n) is 27.5. The lowest BCUT2D eigenvalue weighted by molar-refractivity contribution is -0.305. The number of carbonyl (C=O) groups excluding carboxylic acids is 2. The topological polar surface area (TPSA) is 165 Å². The molecule has 1 spiro atoms. The molecule has 6 heterocycles. The van der Waals surface area contributed by atoms with Gasteiger partial charge in [-0.05, 0) is 86.5 Å². The summed E-state index contributed by atoms with van der Waals surface area (Å²) in [6, 6.07) is 0. The Balaban J connectivity index is 1.19. The molecule has 6 aliphatic heterocycles. The fourth-order valence-corrected chi connectivity index (χ4v) is 12.9. The summed E-state index contributed by atoms with van der Waals surface area (Å²) in [4.78, 5) is 27.4. The molecule has 2 bridgehead atoms. The molecule has 420 valence electrons. The maximum absolute atomic E-state index is 14.9. The van der Waals surface area contributed by atoms with Gasteiger partial charge in [0.2, 0.25) is 0 Å². The lowest BCUT2D eigenvalue weighted by Crippen LogP contribution is -2.60. The minimum absolute atomic E-state index is 0.100. The van der Waals surface area contributed by atoms with Gasteiger partial charge < -0.3 is 61.6 Å². The van der Waals surface area contributed by atoms with Gasteiger partial charge in [0.25, 0.3) is 0 Å². The number of carbonyl (C=O) groups is 2. The van der Waals surface area contributed by atoms with E-state index in [0.29, 0.717) is 43.3 Å². The number of hydrogen-bond acceptors (Lipinski definition) is 15. The summed E-state index contributed by atoms with van der Waals surface area (Å²) in [5.41, 5.74) is 1.27. The van der Waals surface area contributed by atoms with Gasteiger partial charge in [0, 0.05) is 57.8 Å². The first-order chi connectivity index (χ1) is 35.4. The van der Waals surface area contributed by atoms with Crippen molar-refractivity contribution < 1.29 is 71.2 Å². The van der Waals surface area contributed by atoms with E-state index in [2.05, 4.69) is 93.3 Å². The van der Waals surface area contributed by atoms with Crippen LogP contribution in [0.2, 0.25) is 18.1 Å². The summed E-state index contributed by atoms with van der Waals surface area (Å²) in [5.74, 6) is -2.98. The Labute approximate surface area is 448 Å². The van der Waals surface area contributed by atoms with Crippen molar-refractivity contribution in [2.24, 2.45) is 23.7 Å². The van der Waals surface area contributed by atoms with E-state index < -0.39 is 111 Å². The standard InChI is InChI=1S/C59H90O15Si/c1-17-26-65-48(60)29-44-39(8)67-49(30-46(44)63-13)71-54-40(9)68-50(31-47(54)64-14)70-51-35(4)20-19-21-41-33-66-55-53(74-75(15,16)57(10,11)12)38(7)27-45(59(41,55)62)56(61)69-43-28-42(23-22-36(51)5)72-58(32-43)25-24-37(6)52(73-58)34(3)18-2/h17,19-22,24-25,27,29,34-35,37,39-40,42-43,45-47,49-55,62H,1,18,23,26,28,30-33H2,2-16H3/b20-19+,36-22+,41-21+,44-29-/t34-,35-,37-,39-,40-,42+,43-,45-,46-,47-,49-,50-,51-,52+,53+,54-,55+,58+,59+/m0/s1. The van der Waals surface area contributed by atoms with Gasteiger partial charge in [0.15, 0.2) is 26.7 Å². The zero-order valence-electron chi connectivity index (χ0n) is 47.5. The van der Waals surface area contributed by atoms with E-state index in [1.807, 2.05) is 45.1 Å². The van der Waals surface area contributed by atoms with Gasteiger partial charge >= 0.3 is 11.9 Å². The highest BCUT2D eigenvalue weighted by atomic mass is 28.4. The third-order valence-electron chi connectivity index (χ3n) is 17.3. The second-order valence-electron chi connectivity index (χ2n) is 23.8. The fourth-order valence-electron chi connectivity index (χ4n) is 11.6. The van der Waals surface area contributed by atoms with Crippen molar-refractivity contribution in [1.82, 2.24) is 0 Å². The zero-order valence-corrected chi connectivity index (χ0v) is 48.5. The monoisotopic (exact) mass is 1070 g/mol. The number of fused-ring (bicyclic) bond motifs is 2. The van der Waals surface area contributed by atoms with Gasteiger partial charge in [0.1, 0.15) is 36.4 Å². The quantitative estimate of drug-likeness (QED) is 0.0802. The highest BCUT2D eigenvalue weighted by Crippen LogP contribution is 2.50. The Hall–Kier alpha value is -3.10. The molecular weight excluding hydrogens is 977 g/mol. The van der Waals surface area contributed by atoms with E-state index in [1.54, 1.807) is 14.2 Å². The van der Waals surface area contributed by atoms with Crippen LogP contribution in [0.4, 0.5) is 0 Å². The molecular formula is C59H90O15Si. The van der Waals surface area contributed by atoms with Crippen LogP contribution < -0.4 is 0 Å². The number of hydrogen-bond donors (Lipinski definition) is 1. The number of methoxy groups -OCH3 is 2. The molecule has 0 unspecified atom stereocenters. The van der Waals surface area contributed by atoms with Crippen molar-refractivity contribution >= 4 is 20.3 Å². The third kappa shape index (κ3) is 13.2. The van der Waals surface area contributed by atoms with E-state index in [-0.39, 0.29) is 42.1 Å². The number of allylic oxidation sites excluding steroid dienone is 2. The molecule has 7 aliphatic rings. The average Bonchev–Trinajstić information content (AvgIpc) is 3.70. The summed E-state index contributed by atoms with van der Waals surface area (Å²) in [6.45, 7) is 31.2. The summed E-state index contributed by atoms with van der Waals surface area (Å²) >= 11 is 0. The Bertz CT molecular complexity index is 2210. The summed E-state index contributed by atoms with van der Waals surface area (Å²) in [7, 11) is 0.860. The van der Waals surface area contributed by atoms with E-state index in [9.17, 15) is 14.7 Å². The fraction of sp³-hybridized carbons (Fsp3) is 0.729. The number of esters is 2. The number of rotatable bonds is 13. The summed E-state index contributed by atoms with van der Waals surface area (Å²) in [6.07, 6.45) is 13.2. The molecule has 75 heavy (non-hydrogen) atoms. The van der Waals surface area contributed by atoms with Crippen LogP contribution in [0, 0.1) is 23.7 Å². The maximum Gasteiger partial charge on any atom is 0.331 e. The first-order valence-corrected chi connectivity index (χ1v) is 30.4. The molecule has 1 aliphatic carbocycles. The Morgan fingerprint density at radius 3 is 2.37 bits per heavy atom. The largest absolute Gasteiger partial charge is 0.462 e. The van der Waals surface area contributed by atoms with E-state index >= 15 is 0 Å². The van der Waals surface area contributed by atoms with Gasteiger partial charge in [-0.1, -0.05) is 104 Å². The van der Waals surface area contributed by atoms with Gasteiger partial charge in [-0.15, -0.1) is 0 Å². The smallest absolute Gasteiger partial charge is 0.331 e.